The zero-order valence-electron chi connectivity index (χ0n) is 17.0. The highest BCUT2D eigenvalue weighted by molar-refractivity contribution is 5.66. The summed E-state index contributed by atoms with van der Waals surface area (Å²) in [6.07, 6.45) is 6.86. The number of allylic oxidation sites excluding steroid dienone is 1. The van der Waals surface area contributed by atoms with Gasteiger partial charge in [0.2, 0.25) is 0 Å². The molecule has 0 bridgehead atoms. The topological polar surface area (TPSA) is 65.0 Å². The first-order valence-electron chi connectivity index (χ1n) is 9.86. The number of carbonyl (C=O) groups excluding carboxylic acids is 1. The van der Waals surface area contributed by atoms with E-state index in [4.69, 9.17) is 14.2 Å². The zero-order chi connectivity index (χ0) is 19.3. The van der Waals surface area contributed by atoms with Gasteiger partial charge in [-0.25, -0.2) is 0 Å². The van der Waals surface area contributed by atoms with Gasteiger partial charge in [-0.05, 0) is 56.8 Å². The van der Waals surface area contributed by atoms with E-state index < -0.39 is 6.10 Å². The molecule has 5 heteroatoms. The molecule has 0 aliphatic heterocycles. The Morgan fingerprint density at radius 2 is 2.12 bits per heavy atom. The number of hydrogen-bond donors (Lipinski definition) is 1. The number of carbonyl (C=O) groups is 1. The summed E-state index contributed by atoms with van der Waals surface area (Å²) in [4.78, 5) is 11.7. The Morgan fingerprint density at radius 1 is 1.38 bits per heavy atom. The normalized spacial score (nSPS) is 40.8. The second kappa shape index (κ2) is 9.34. The molecule has 2 rings (SSSR count). The van der Waals surface area contributed by atoms with Crippen LogP contribution in [0.5, 0.6) is 0 Å². The Kier molecular flexibility index (Phi) is 7.68. The van der Waals surface area contributed by atoms with Crippen LogP contribution in [0.2, 0.25) is 0 Å². The van der Waals surface area contributed by atoms with Crippen LogP contribution in [-0.2, 0) is 19.0 Å². The Bertz CT molecular complexity index is 503. The number of aliphatic hydroxyl groups excluding tert-OH is 1. The molecule has 0 amide bonds. The summed E-state index contributed by atoms with van der Waals surface area (Å²) in [6, 6.07) is 0. The molecular formula is C21H36O5. The molecule has 0 radical (unpaired) electrons. The second-order valence-corrected chi connectivity index (χ2v) is 8.66. The first-order chi connectivity index (χ1) is 12.2. The van der Waals surface area contributed by atoms with Crippen molar-refractivity contribution in [1.82, 2.24) is 0 Å². The first kappa shape index (κ1) is 21.4. The van der Waals surface area contributed by atoms with Crippen molar-refractivity contribution in [3.63, 3.8) is 0 Å². The van der Waals surface area contributed by atoms with Crippen LogP contribution in [0.4, 0.5) is 0 Å². The fourth-order valence-corrected chi connectivity index (χ4v) is 4.87. The van der Waals surface area contributed by atoms with Gasteiger partial charge in [-0.3, -0.25) is 4.79 Å². The maximum Gasteiger partial charge on any atom is 0.302 e. The van der Waals surface area contributed by atoms with Crippen LogP contribution in [0, 0.1) is 17.3 Å². The number of aliphatic hydroxyl groups is 1. The van der Waals surface area contributed by atoms with Crippen molar-refractivity contribution in [3.05, 3.63) is 11.6 Å². The molecule has 0 spiro atoms. The van der Waals surface area contributed by atoms with Gasteiger partial charge in [0, 0.05) is 20.0 Å². The van der Waals surface area contributed by atoms with Gasteiger partial charge in [-0.1, -0.05) is 25.5 Å². The Balaban J connectivity index is 2.29. The lowest BCUT2D eigenvalue weighted by Gasteiger charge is -2.38. The van der Waals surface area contributed by atoms with Crippen LogP contribution in [0.1, 0.15) is 66.2 Å². The smallest absolute Gasteiger partial charge is 0.302 e. The minimum atomic E-state index is -0.411. The summed E-state index contributed by atoms with van der Waals surface area (Å²) in [5.74, 6) is 0.0379. The van der Waals surface area contributed by atoms with E-state index in [0.29, 0.717) is 5.92 Å². The minimum absolute atomic E-state index is 0.0191. The molecule has 2 aliphatic carbocycles. The van der Waals surface area contributed by atoms with Crippen molar-refractivity contribution in [2.45, 2.75) is 84.5 Å². The van der Waals surface area contributed by atoms with E-state index in [9.17, 15) is 9.90 Å². The van der Waals surface area contributed by atoms with Crippen LogP contribution in [-0.4, -0.2) is 43.3 Å². The van der Waals surface area contributed by atoms with Crippen molar-refractivity contribution < 1.29 is 24.1 Å². The lowest BCUT2D eigenvalue weighted by Crippen LogP contribution is -2.41. The standard InChI is InChI=1S/C21H36O5/c1-14-6-8-21(4)9-7-18(23)20(21)19(26-16(3)22)12-15(2)11-17(10-14)25-13-24-5/h6,15,17-20,23H,7-13H2,1-5H3/b14-6-/t15-,17?,18-,19+,20+,21-/m1/s1. The van der Waals surface area contributed by atoms with Gasteiger partial charge >= 0.3 is 5.97 Å². The predicted molar refractivity (Wildman–Crippen MR) is 101 cm³/mol. The first-order valence-corrected chi connectivity index (χ1v) is 9.86. The van der Waals surface area contributed by atoms with Crippen molar-refractivity contribution in [1.29, 1.82) is 0 Å². The van der Waals surface area contributed by atoms with Gasteiger partial charge in [-0.15, -0.1) is 0 Å². The summed E-state index contributed by atoms with van der Waals surface area (Å²) in [6.45, 7) is 8.31. The number of hydrogen-bond acceptors (Lipinski definition) is 5. The average Bonchev–Trinajstić information content (AvgIpc) is 2.84. The van der Waals surface area contributed by atoms with Crippen LogP contribution < -0.4 is 0 Å². The second-order valence-electron chi connectivity index (χ2n) is 8.66. The molecule has 0 aromatic heterocycles. The maximum atomic E-state index is 11.7. The summed E-state index contributed by atoms with van der Waals surface area (Å²) in [7, 11) is 1.64. The molecule has 2 aliphatic rings. The molecule has 0 aromatic rings. The molecule has 0 heterocycles. The third kappa shape index (κ3) is 5.54. The molecule has 1 fully saturated rings. The third-order valence-corrected chi connectivity index (χ3v) is 6.14. The molecule has 6 atom stereocenters. The molecule has 0 saturated heterocycles. The highest BCUT2D eigenvalue weighted by Crippen LogP contribution is 2.50. The minimum Gasteiger partial charge on any atom is -0.462 e. The van der Waals surface area contributed by atoms with Crippen molar-refractivity contribution in [2.24, 2.45) is 17.3 Å². The lowest BCUT2D eigenvalue weighted by molar-refractivity contribution is -0.155. The molecule has 26 heavy (non-hydrogen) atoms. The highest BCUT2D eigenvalue weighted by Gasteiger charge is 2.49. The molecular weight excluding hydrogens is 332 g/mol. The Morgan fingerprint density at radius 3 is 2.77 bits per heavy atom. The van der Waals surface area contributed by atoms with Gasteiger partial charge in [0.1, 0.15) is 12.9 Å². The van der Waals surface area contributed by atoms with Crippen LogP contribution in [0.25, 0.3) is 0 Å². The molecule has 1 unspecified atom stereocenters. The van der Waals surface area contributed by atoms with Crippen LogP contribution in [0.3, 0.4) is 0 Å². The SMILES string of the molecule is COCOC1C/C(C)=C\C[C@]2(C)CC[C@@H](O)[C@H]2[C@@H](OC(C)=O)C[C@H](C)C1. The number of ether oxygens (including phenoxy) is 3. The molecule has 1 saturated carbocycles. The summed E-state index contributed by atoms with van der Waals surface area (Å²) >= 11 is 0. The van der Waals surface area contributed by atoms with E-state index in [1.165, 1.54) is 12.5 Å². The van der Waals surface area contributed by atoms with E-state index >= 15 is 0 Å². The van der Waals surface area contributed by atoms with Gasteiger partial charge in [-0.2, -0.15) is 0 Å². The Labute approximate surface area is 158 Å². The summed E-state index contributed by atoms with van der Waals surface area (Å²) < 4.78 is 16.7. The lowest BCUT2D eigenvalue weighted by atomic mass is 9.72. The van der Waals surface area contributed by atoms with Crippen LogP contribution >= 0.6 is 0 Å². The molecule has 150 valence electrons. The number of rotatable bonds is 4. The van der Waals surface area contributed by atoms with Gasteiger partial charge in [0.25, 0.3) is 0 Å². The van der Waals surface area contributed by atoms with Crippen molar-refractivity contribution in [3.8, 4) is 0 Å². The summed E-state index contributed by atoms with van der Waals surface area (Å²) in [5.41, 5.74) is 1.26. The largest absolute Gasteiger partial charge is 0.462 e. The maximum absolute atomic E-state index is 11.7. The van der Waals surface area contributed by atoms with Crippen molar-refractivity contribution >= 4 is 5.97 Å². The van der Waals surface area contributed by atoms with E-state index in [-0.39, 0.29) is 36.3 Å². The summed E-state index contributed by atoms with van der Waals surface area (Å²) in [5, 5.41) is 10.7. The highest BCUT2D eigenvalue weighted by atomic mass is 16.7. The quantitative estimate of drug-likeness (QED) is 0.464. The van der Waals surface area contributed by atoms with E-state index in [0.717, 1.165) is 38.5 Å². The third-order valence-electron chi connectivity index (χ3n) is 6.14. The van der Waals surface area contributed by atoms with Crippen molar-refractivity contribution in [2.75, 3.05) is 13.9 Å². The average molecular weight is 369 g/mol. The predicted octanol–water partition coefficient (Wildman–Crippen LogP) is 3.84. The zero-order valence-corrected chi connectivity index (χ0v) is 17.0. The van der Waals surface area contributed by atoms with Gasteiger partial charge in [0.15, 0.2) is 0 Å². The number of fused-ring (bicyclic) bond motifs is 1. The monoisotopic (exact) mass is 368 g/mol. The molecule has 0 aromatic carbocycles. The fraction of sp³-hybridized carbons (Fsp3) is 0.857. The number of methoxy groups -OCH3 is 1. The van der Waals surface area contributed by atoms with Crippen LogP contribution in [0.15, 0.2) is 11.6 Å². The van der Waals surface area contributed by atoms with E-state index in [1.807, 2.05) is 0 Å². The van der Waals surface area contributed by atoms with E-state index in [1.54, 1.807) is 7.11 Å². The van der Waals surface area contributed by atoms with E-state index in [2.05, 4.69) is 26.8 Å². The Hall–Kier alpha value is -0.910. The van der Waals surface area contributed by atoms with Gasteiger partial charge < -0.3 is 19.3 Å². The fourth-order valence-electron chi connectivity index (χ4n) is 4.87. The number of esters is 1. The van der Waals surface area contributed by atoms with Gasteiger partial charge in [0.05, 0.1) is 12.2 Å². The molecule has 1 N–H and O–H groups in total. The molecule has 5 nitrogen and oxygen atoms in total.